The van der Waals surface area contributed by atoms with Gasteiger partial charge in [-0.05, 0) is 42.7 Å². The summed E-state index contributed by atoms with van der Waals surface area (Å²) in [5.41, 5.74) is 7.31. The summed E-state index contributed by atoms with van der Waals surface area (Å²) in [7, 11) is 0. The molecular formula is C17H27N3O. The van der Waals surface area contributed by atoms with Crippen LogP contribution in [0.5, 0.6) is 0 Å². The lowest BCUT2D eigenvalue weighted by molar-refractivity contribution is -0.121. The van der Waals surface area contributed by atoms with Gasteiger partial charge in [-0.25, -0.2) is 0 Å². The van der Waals surface area contributed by atoms with Crippen molar-refractivity contribution >= 4 is 11.6 Å². The fraction of sp³-hybridized carbons (Fsp3) is 0.647. The molecule has 1 saturated carbocycles. The summed E-state index contributed by atoms with van der Waals surface area (Å²) < 4.78 is 0. The van der Waals surface area contributed by atoms with E-state index >= 15 is 0 Å². The van der Waals surface area contributed by atoms with E-state index in [0.717, 1.165) is 12.2 Å². The number of rotatable bonds is 6. The van der Waals surface area contributed by atoms with Gasteiger partial charge in [0.25, 0.3) is 0 Å². The molecule has 0 aliphatic heterocycles. The molecule has 0 spiro atoms. The first-order valence-corrected chi connectivity index (χ1v) is 7.96. The average Bonchev–Trinajstić information content (AvgIpc) is 2.87. The van der Waals surface area contributed by atoms with E-state index in [2.05, 4.69) is 24.1 Å². The Balaban J connectivity index is 1.85. The number of nitrogen functional groups attached to an aromatic ring is 1. The van der Waals surface area contributed by atoms with Gasteiger partial charge in [0.15, 0.2) is 0 Å². The molecule has 0 unspecified atom stereocenters. The number of carbonyl (C=O) groups excluding carboxylic acids is 1. The Hall–Kier alpha value is -1.58. The summed E-state index contributed by atoms with van der Waals surface area (Å²) in [5.74, 6) is 0.737. The lowest BCUT2D eigenvalue weighted by atomic mass is 9.78. The van der Waals surface area contributed by atoms with E-state index in [0.29, 0.717) is 23.4 Å². The first kappa shape index (κ1) is 15.8. The minimum absolute atomic E-state index is 0.0577. The number of amides is 1. The molecule has 4 nitrogen and oxygen atoms in total. The maximum absolute atomic E-state index is 12.1. The third kappa shape index (κ3) is 4.73. The molecule has 2 rings (SSSR count). The number of pyridine rings is 1. The molecule has 1 aromatic rings. The standard InChI is InChI=1S/C17H27N3O/c1-13(2)10-17(7-3-4-8-17)12-20-16(21)9-15-6-5-14(18)11-19-15/h5-6,11,13H,3-4,7-10,12,18H2,1-2H3,(H,20,21). The fourth-order valence-electron chi connectivity index (χ4n) is 3.50. The number of nitrogens with zero attached hydrogens (tertiary/aromatic N) is 1. The highest BCUT2D eigenvalue weighted by atomic mass is 16.1. The van der Waals surface area contributed by atoms with Gasteiger partial charge in [0.1, 0.15) is 0 Å². The van der Waals surface area contributed by atoms with Crippen molar-refractivity contribution in [2.24, 2.45) is 11.3 Å². The predicted molar refractivity (Wildman–Crippen MR) is 85.7 cm³/mol. The van der Waals surface area contributed by atoms with Crippen LogP contribution in [0.15, 0.2) is 18.3 Å². The van der Waals surface area contributed by atoms with Crippen LogP contribution >= 0.6 is 0 Å². The third-order valence-electron chi connectivity index (χ3n) is 4.36. The number of carbonyl (C=O) groups is 1. The van der Waals surface area contributed by atoms with Crippen LogP contribution < -0.4 is 11.1 Å². The van der Waals surface area contributed by atoms with E-state index in [-0.39, 0.29) is 5.91 Å². The van der Waals surface area contributed by atoms with E-state index in [1.165, 1.54) is 32.1 Å². The van der Waals surface area contributed by atoms with Gasteiger partial charge >= 0.3 is 0 Å². The summed E-state index contributed by atoms with van der Waals surface area (Å²) in [4.78, 5) is 16.3. The first-order valence-electron chi connectivity index (χ1n) is 7.96. The Morgan fingerprint density at radius 1 is 1.38 bits per heavy atom. The van der Waals surface area contributed by atoms with E-state index in [1.807, 2.05) is 6.07 Å². The number of hydrogen-bond donors (Lipinski definition) is 2. The molecule has 0 aromatic carbocycles. The van der Waals surface area contributed by atoms with Gasteiger partial charge in [-0.3, -0.25) is 9.78 Å². The van der Waals surface area contributed by atoms with Gasteiger partial charge in [0.2, 0.25) is 5.91 Å². The molecule has 1 fully saturated rings. The number of nitrogens with two attached hydrogens (primary N) is 1. The van der Waals surface area contributed by atoms with Gasteiger partial charge in [0.05, 0.1) is 18.3 Å². The van der Waals surface area contributed by atoms with Crippen molar-refractivity contribution in [3.05, 3.63) is 24.0 Å². The number of anilines is 1. The third-order valence-corrected chi connectivity index (χ3v) is 4.36. The second-order valence-corrected chi connectivity index (χ2v) is 6.84. The van der Waals surface area contributed by atoms with Crippen LogP contribution in [0.3, 0.4) is 0 Å². The Bertz CT molecular complexity index is 461. The summed E-state index contributed by atoms with van der Waals surface area (Å²) in [5, 5.41) is 3.12. The molecule has 21 heavy (non-hydrogen) atoms. The van der Waals surface area contributed by atoms with E-state index < -0.39 is 0 Å². The number of nitrogens with one attached hydrogen (secondary N) is 1. The summed E-state index contributed by atoms with van der Waals surface area (Å²) in [6.07, 6.45) is 8.20. The monoisotopic (exact) mass is 289 g/mol. The molecule has 0 saturated heterocycles. The maximum atomic E-state index is 12.1. The molecule has 116 valence electrons. The Labute approximate surface area is 127 Å². The van der Waals surface area contributed by atoms with Crippen LogP contribution in [-0.4, -0.2) is 17.4 Å². The van der Waals surface area contributed by atoms with Crippen molar-refractivity contribution in [3.63, 3.8) is 0 Å². The number of hydrogen-bond acceptors (Lipinski definition) is 3. The molecule has 1 aliphatic carbocycles. The van der Waals surface area contributed by atoms with Gasteiger partial charge in [-0.15, -0.1) is 0 Å². The Morgan fingerprint density at radius 3 is 2.67 bits per heavy atom. The lowest BCUT2D eigenvalue weighted by Crippen LogP contribution is -2.37. The zero-order valence-corrected chi connectivity index (χ0v) is 13.2. The highest BCUT2D eigenvalue weighted by molar-refractivity contribution is 5.78. The fourth-order valence-corrected chi connectivity index (χ4v) is 3.50. The van der Waals surface area contributed by atoms with Crippen molar-refractivity contribution in [1.82, 2.24) is 10.3 Å². The van der Waals surface area contributed by atoms with Gasteiger partial charge in [-0.2, -0.15) is 0 Å². The van der Waals surface area contributed by atoms with Crippen LogP contribution in [0.25, 0.3) is 0 Å². The second-order valence-electron chi connectivity index (χ2n) is 6.84. The second kappa shape index (κ2) is 6.92. The SMILES string of the molecule is CC(C)CC1(CNC(=O)Cc2ccc(N)cn2)CCCC1. The van der Waals surface area contributed by atoms with Gasteiger partial charge in [-0.1, -0.05) is 26.7 Å². The van der Waals surface area contributed by atoms with Crippen molar-refractivity contribution < 1.29 is 4.79 Å². The molecule has 0 bridgehead atoms. The van der Waals surface area contributed by atoms with Crippen LogP contribution in [-0.2, 0) is 11.2 Å². The zero-order chi connectivity index (χ0) is 15.3. The molecule has 0 atom stereocenters. The smallest absolute Gasteiger partial charge is 0.226 e. The zero-order valence-electron chi connectivity index (χ0n) is 13.2. The van der Waals surface area contributed by atoms with Crippen LogP contribution in [0.1, 0.15) is 51.6 Å². The van der Waals surface area contributed by atoms with E-state index in [4.69, 9.17) is 5.73 Å². The first-order chi connectivity index (χ1) is 9.99. The molecule has 1 amide bonds. The van der Waals surface area contributed by atoms with Crippen molar-refractivity contribution in [1.29, 1.82) is 0 Å². The summed E-state index contributed by atoms with van der Waals surface area (Å²) in [6, 6.07) is 3.60. The molecule has 1 heterocycles. The van der Waals surface area contributed by atoms with Crippen molar-refractivity contribution in [2.75, 3.05) is 12.3 Å². The highest BCUT2D eigenvalue weighted by Crippen LogP contribution is 2.42. The van der Waals surface area contributed by atoms with E-state index in [1.54, 1.807) is 12.3 Å². The molecule has 1 aromatic heterocycles. The van der Waals surface area contributed by atoms with Crippen LogP contribution in [0.2, 0.25) is 0 Å². The molecular weight excluding hydrogens is 262 g/mol. The van der Waals surface area contributed by atoms with Gasteiger partial charge < -0.3 is 11.1 Å². The quantitative estimate of drug-likeness (QED) is 0.846. The predicted octanol–water partition coefficient (Wildman–Crippen LogP) is 2.93. The normalized spacial score (nSPS) is 17.1. The molecule has 3 N–H and O–H groups in total. The highest BCUT2D eigenvalue weighted by Gasteiger charge is 2.34. The van der Waals surface area contributed by atoms with Crippen molar-refractivity contribution in [3.8, 4) is 0 Å². The van der Waals surface area contributed by atoms with Crippen LogP contribution in [0.4, 0.5) is 5.69 Å². The van der Waals surface area contributed by atoms with Gasteiger partial charge in [0, 0.05) is 12.2 Å². The van der Waals surface area contributed by atoms with Crippen molar-refractivity contribution in [2.45, 2.75) is 52.4 Å². The minimum atomic E-state index is 0.0577. The molecule has 1 aliphatic rings. The summed E-state index contributed by atoms with van der Waals surface area (Å²) in [6.45, 7) is 5.33. The Morgan fingerprint density at radius 2 is 2.10 bits per heavy atom. The topological polar surface area (TPSA) is 68.0 Å². The average molecular weight is 289 g/mol. The van der Waals surface area contributed by atoms with E-state index in [9.17, 15) is 4.79 Å². The minimum Gasteiger partial charge on any atom is -0.397 e. The molecule has 0 radical (unpaired) electrons. The maximum Gasteiger partial charge on any atom is 0.226 e. The molecule has 4 heteroatoms. The van der Waals surface area contributed by atoms with Crippen LogP contribution in [0, 0.1) is 11.3 Å². The largest absolute Gasteiger partial charge is 0.397 e. The Kier molecular flexibility index (Phi) is 5.21. The number of aromatic nitrogens is 1. The lowest BCUT2D eigenvalue weighted by Gasteiger charge is -2.31. The summed E-state index contributed by atoms with van der Waals surface area (Å²) >= 11 is 0.